The van der Waals surface area contributed by atoms with E-state index in [0.717, 1.165) is 5.56 Å². The van der Waals surface area contributed by atoms with Gasteiger partial charge in [0.1, 0.15) is 5.75 Å². The fraction of sp³-hybridized carbons (Fsp3) is 0.211. The molecule has 1 heterocycles. The Kier molecular flexibility index (Phi) is 5.23. The third-order valence-electron chi connectivity index (χ3n) is 3.87. The third-order valence-corrected chi connectivity index (χ3v) is 4.19. The molecule has 0 radical (unpaired) electrons. The number of para-hydroxylation sites is 2. The van der Waals surface area contributed by atoms with E-state index in [1.54, 1.807) is 29.8 Å². The van der Waals surface area contributed by atoms with E-state index >= 15 is 0 Å². The van der Waals surface area contributed by atoms with Crippen LogP contribution in [0.2, 0.25) is 5.02 Å². The molecule has 0 spiro atoms. The van der Waals surface area contributed by atoms with Gasteiger partial charge < -0.3 is 10.1 Å². The van der Waals surface area contributed by atoms with E-state index in [1.807, 2.05) is 38.1 Å². The van der Waals surface area contributed by atoms with Crippen LogP contribution in [0.15, 0.2) is 42.5 Å². The minimum atomic E-state index is -0.357. The number of halogens is 1. The van der Waals surface area contributed by atoms with Crippen molar-refractivity contribution in [3.8, 4) is 11.4 Å². The van der Waals surface area contributed by atoms with Crippen molar-refractivity contribution in [1.29, 1.82) is 0 Å². The van der Waals surface area contributed by atoms with E-state index in [0.29, 0.717) is 34.4 Å². The molecule has 0 atom stereocenters. The molecule has 3 rings (SSSR count). The zero-order chi connectivity index (χ0) is 18.7. The Hall–Kier alpha value is -2.86. The van der Waals surface area contributed by atoms with Crippen LogP contribution in [0.3, 0.4) is 0 Å². The molecule has 0 aliphatic carbocycles. The first-order valence-electron chi connectivity index (χ1n) is 8.23. The zero-order valence-corrected chi connectivity index (χ0v) is 15.5. The van der Waals surface area contributed by atoms with Crippen LogP contribution in [0.25, 0.3) is 5.69 Å². The number of carbonyl (C=O) groups is 1. The SMILES string of the molecule is CCOc1ccccc1NC(=O)c1nnn(-c2cc(C)ccc2Cl)c1C. The molecule has 1 amide bonds. The van der Waals surface area contributed by atoms with Gasteiger partial charge in [0.25, 0.3) is 5.91 Å². The van der Waals surface area contributed by atoms with Crippen molar-refractivity contribution < 1.29 is 9.53 Å². The van der Waals surface area contributed by atoms with Gasteiger partial charge in [-0.2, -0.15) is 0 Å². The predicted molar refractivity (Wildman–Crippen MR) is 101 cm³/mol. The Morgan fingerprint density at radius 3 is 2.77 bits per heavy atom. The lowest BCUT2D eigenvalue weighted by Gasteiger charge is -2.11. The van der Waals surface area contributed by atoms with E-state index < -0.39 is 0 Å². The van der Waals surface area contributed by atoms with Gasteiger partial charge in [0, 0.05) is 0 Å². The molecule has 7 heteroatoms. The van der Waals surface area contributed by atoms with Crippen LogP contribution >= 0.6 is 11.6 Å². The number of amides is 1. The Balaban J connectivity index is 1.91. The number of anilines is 1. The molecule has 1 N–H and O–H groups in total. The van der Waals surface area contributed by atoms with Gasteiger partial charge in [0.2, 0.25) is 0 Å². The number of ether oxygens (including phenoxy) is 1. The summed E-state index contributed by atoms with van der Waals surface area (Å²) in [5, 5.41) is 11.5. The standard InChI is InChI=1S/C19H19ClN4O2/c1-4-26-17-8-6-5-7-15(17)21-19(25)18-13(3)24(23-22-18)16-11-12(2)9-10-14(16)20/h5-11H,4H2,1-3H3,(H,21,25). The van der Waals surface area contributed by atoms with E-state index in [-0.39, 0.29) is 11.6 Å². The van der Waals surface area contributed by atoms with Gasteiger partial charge in [-0.15, -0.1) is 5.10 Å². The summed E-state index contributed by atoms with van der Waals surface area (Å²) >= 11 is 6.27. The minimum Gasteiger partial charge on any atom is -0.492 e. The minimum absolute atomic E-state index is 0.230. The topological polar surface area (TPSA) is 69.0 Å². The van der Waals surface area contributed by atoms with Gasteiger partial charge in [-0.05, 0) is 50.6 Å². The van der Waals surface area contributed by atoms with Crippen molar-refractivity contribution in [2.45, 2.75) is 20.8 Å². The molecule has 0 saturated carbocycles. The van der Waals surface area contributed by atoms with Crippen LogP contribution in [-0.2, 0) is 0 Å². The highest BCUT2D eigenvalue weighted by molar-refractivity contribution is 6.32. The maximum Gasteiger partial charge on any atom is 0.278 e. The number of nitrogens with zero attached hydrogens (tertiary/aromatic N) is 3. The lowest BCUT2D eigenvalue weighted by molar-refractivity contribution is 0.102. The monoisotopic (exact) mass is 370 g/mol. The lowest BCUT2D eigenvalue weighted by atomic mass is 10.2. The van der Waals surface area contributed by atoms with Crippen molar-refractivity contribution >= 4 is 23.2 Å². The predicted octanol–water partition coefficient (Wildman–Crippen LogP) is 4.19. The molecule has 0 saturated heterocycles. The zero-order valence-electron chi connectivity index (χ0n) is 14.8. The second-order valence-electron chi connectivity index (χ2n) is 5.77. The van der Waals surface area contributed by atoms with Gasteiger partial charge in [-0.3, -0.25) is 4.79 Å². The Morgan fingerprint density at radius 2 is 2.00 bits per heavy atom. The molecule has 1 aromatic heterocycles. The third kappa shape index (κ3) is 3.55. The average molecular weight is 371 g/mol. The second-order valence-corrected chi connectivity index (χ2v) is 6.18. The Morgan fingerprint density at radius 1 is 1.23 bits per heavy atom. The summed E-state index contributed by atoms with van der Waals surface area (Å²) in [7, 11) is 0. The number of aromatic nitrogens is 3. The molecular formula is C19H19ClN4O2. The molecule has 0 unspecified atom stereocenters. The fourth-order valence-corrected chi connectivity index (χ4v) is 2.78. The summed E-state index contributed by atoms with van der Waals surface area (Å²) in [6, 6.07) is 12.9. The molecule has 134 valence electrons. The van der Waals surface area contributed by atoms with Gasteiger partial charge in [-0.1, -0.05) is 35.0 Å². The van der Waals surface area contributed by atoms with Gasteiger partial charge >= 0.3 is 0 Å². The fourth-order valence-electron chi connectivity index (χ4n) is 2.59. The van der Waals surface area contributed by atoms with Crippen LogP contribution in [0.1, 0.15) is 28.7 Å². The molecule has 0 fully saturated rings. The number of rotatable bonds is 5. The van der Waals surface area contributed by atoms with Gasteiger partial charge in [0.15, 0.2) is 5.69 Å². The molecule has 3 aromatic rings. The van der Waals surface area contributed by atoms with Crippen LogP contribution < -0.4 is 10.1 Å². The number of nitrogens with one attached hydrogen (secondary N) is 1. The highest BCUT2D eigenvalue weighted by atomic mass is 35.5. The molecule has 0 aliphatic rings. The quantitative estimate of drug-likeness (QED) is 0.731. The van der Waals surface area contributed by atoms with E-state index in [2.05, 4.69) is 15.6 Å². The Bertz CT molecular complexity index is 952. The first-order chi connectivity index (χ1) is 12.5. The first-order valence-corrected chi connectivity index (χ1v) is 8.61. The smallest absolute Gasteiger partial charge is 0.278 e. The summed E-state index contributed by atoms with van der Waals surface area (Å²) < 4.78 is 7.10. The van der Waals surface area contributed by atoms with Gasteiger partial charge in [0.05, 0.1) is 28.7 Å². The lowest BCUT2D eigenvalue weighted by Crippen LogP contribution is -2.15. The van der Waals surface area contributed by atoms with Gasteiger partial charge in [-0.25, -0.2) is 4.68 Å². The average Bonchev–Trinajstić information content (AvgIpc) is 3.00. The number of benzene rings is 2. The number of hydrogen-bond donors (Lipinski definition) is 1. The highest BCUT2D eigenvalue weighted by Crippen LogP contribution is 2.26. The highest BCUT2D eigenvalue weighted by Gasteiger charge is 2.19. The normalized spacial score (nSPS) is 10.6. The molecule has 6 nitrogen and oxygen atoms in total. The maximum absolute atomic E-state index is 12.7. The first kappa shape index (κ1) is 17.9. The second kappa shape index (κ2) is 7.58. The Labute approximate surface area is 156 Å². The number of carbonyl (C=O) groups excluding carboxylic acids is 1. The summed E-state index contributed by atoms with van der Waals surface area (Å²) in [6.45, 7) is 6.14. The van der Waals surface area contributed by atoms with E-state index in [4.69, 9.17) is 16.3 Å². The van der Waals surface area contributed by atoms with E-state index in [9.17, 15) is 4.79 Å². The largest absolute Gasteiger partial charge is 0.492 e. The van der Waals surface area contributed by atoms with Crippen molar-refractivity contribution in [2.24, 2.45) is 0 Å². The molecule has 0 aliphatic heterocycles. The summed E-state index contributed by atoms with van der Waals surface area (Å²) in [5.41, 5.74) is 3.14. The van der Waals surface area contributed by atoms with Crippen molar-refractivity contribution in [3.05, 3.63) is 64.4 Å². The van der Waals surface area contributed by atoms with Crippen molar-refractivity contribution in [3.63, 3.8) is 0 Å². The van der Waals surface area contributed by atoms with Crippen LogP contribution in [0.4, 0.5) is 5.69 Å². The summed E-state index contributed by atoms with van der Waals surface area (Å²) in [6.07, 6.45) is 0. The molecular weight excluding hydrogens is 352 g/mol. The van der Waals surface area contributed by atoms with Crippen molar-refractivity contribution in [2.75, 3.05) is 11.9 Å². The molecule has 0 bridgehead atoms. The van der Waals surface area contributed by atoms with E-state index in [1.165, 1.54) is 0 Å². The maximum atomic E-state index is 12.7. The van der Waals surface area contributed by atoms with Crippen molar-refractivity contribution in [1.82, 2.24) is 15.0 Å². The molecule has 26 heavy (non-hydrogen) atoms. The summed E-state index contributed by atoms with van der Waals surface area (Å²) in [4.78, 5) is 12.7. The number of aryl methyl sites for hydroxylation is 1. The summed E-state index contributed by atoms with van der Waals surface area (Å²) in [5.74, 6) is 0.250. The number of hydrogen-bond acceptors (Lipinski definition) is 4. The van der Waals surface area contributed by atoms with Crippen LogP contribution in [-0.4, -0.2) is 27.5 Å². The van der Waals surface area contributed by atoms with Crippen LogP contribution in [0, 0.1) is 13.8 Å². The van der Waals surface area contributed by atoms with Crippen LogP contribution in [0.5, 0.6) is 5.75 Å². The molecule has 2 aromatic carbocycles.